The number of Topliss-reactive ketones (excluding diaryl/α,β-unsaturated/α-hetero) is 1. The fraction of sp³-hybridized carbons (Fsp3) is 0.200. The van der Waals surface area contributed by atoms with E-state index in [0.29, 0.717) is 28.0 Å². The summed E-state index contributed by atoms with van der Waals surface area (Å²) in [5.41, 5.74) is 3.15. The molecular formula is C20H18N4O4. The summed E-state index contributed by atoms with van der Waals surface area (Å²) in [6, 6.07) is 5.07. The van der Waals surface area contributed by atoms with Gasteiger partial charge < -0.3 is 19.6 Å². The highest BCUT2D eigenvalue weighted by atomic mass is 16.3. The van der Waals surface area contributed by atoms with Crippen LogP contribution in [0, 0.1) is 26.2 Å². The lowest BCUT2D eigenvalue weighted by Gasteiger charge is -2.08. The summed E-state index contributed by atoms with van der Waals surface area (Å²) in [5.74, 6) is 0.294. The van der Waals surface area contributed by atoms with E-state index in [4.69, 9.17) is 10.8 Å². The molecule has 8 heteroatoms. The normalized spacial score (nSPS) is 10.5. The van der Waals surface area contributed by atoms with Gasteiger partial charge in [-0.25, -0.2) is 4.98 Å². The van der Waals surface area contributed by atoms with Gasteiger partial charge in [-0.2, -0.15) is 0 Å². The molecule has 0 aliphatic rings. The molecule has 0 bridgehead atoms. The highest BCUT2D eigenvalue weighted by Crippen LogP contribution is 2.24. The van der Waals surface area contributed by atoms with Crippen LogP contribution in [-0.2, 0) is 11.8 Å². The molecule has 8 nitrogen and oxygen atoms in total. The average molecular weight is 378 g/mol. The summed E-state index contributed by atoms with van der Waals surface area (Å²) >= 11 is 0. The number of oxazole rings is 1. The predicted molar refractivity (Wildman–Crippen MR) is 103 cm³/mol. The van der Waals surface area contributed by atoms with E-state index in [1.54, 1.807) is 43.7 Å². The van der Waals surface area contributed by atoms with Gasteiger partial charge in [-0.1, -0.05) is 5.92 Å². The Balaban J connectivity index is 1.91. The molecule has 0 fully saturated rings. The number of hydrogen-bond acceptors (Lipinski definition) is 5. The first-order valence-corrected chi connectivity index (χ1v) is 8.41. The van der Waals surface area contributed by atoms with Crippen LogP contribution in [0.1, 0.15) is 32.1 Å². The maximum absolute atomic E-state index is 12.8. The molecule has 0 spiro atoms. The van der Waals surface area contributed by atoms with Crippen LogP contribution in [0.4, 0.5) is 5.69 Å². The molecule has 0 aliphatic heterocycles. The van der Waals surface area contributed by atoms with Crippen molar-refractivity contribution in [2.24, 2.45) is 7.05 Å². The first-order chi connectivity index (χ1) is 13.3. The second kappa shape index (κ2) is 7.40. The van der Waals surface area contributed by atoms with E-state index >= 15 is 0 Å². The lowest BCUT2D eigenvalue weighted by atomic mass is 10.0. The minimum atomic E-state index is -0.807. The molecule has 0 unspecified atom stereocenters. The van der Waals surface area contributed by atoms with Crippen LogP contribution in [0.25, 0.3) is 11.1 Å². The highest BCUT2D eigenvalue weighted by Gasteiger charge is 2.28. The molecular weight excluding hydrogens is 360 g/mol. The van der Waals surface area contributed by atoms with Crippen LogP contribution >= 0.6 is 0 Å². The van der Waals surface area contributed by atoms with Crippen molar-refractivity contribution < 1.29 is 18.8 Å². The molecule has 0 saturated heterocycles. The average Bonchev–Trinajstić information content (AvgIpc) is 3.21. The summed E-state index contributed by atoms with van der Waals surface area (Å²) in [6.07, 6.45) is 6.42. The Kier molecular flexibility index (Phi) is 5.00. The zero-order valence-corrected chi connectivity index (χ0v) is 15.6. The van der Waals surface area contributed by atoms with E-state index in [0.717, 1.165) is 0 Å². The summed E-state index contributed by atoms with van der Waals surface area (Å²) in [4.78, 5) is 41.4. The van der Waals surface area contributed by atoms with Gasteiger partial charge >= 0.3 is 0 Å². The second-order valence-corrected chi connectivity index (χ2v) is 6.20. The molecule has 142 valence electrons. The van der Waals surface area contributed by atoms with E-state index in [1.165, 1.54) is 6.39 Å². The number of hydrogen-bond donors (Lipinski definition) is 2. The maximum Gasteiger partial charge on any atom is 0.293 e. The second-order valence-electron chi connectivity index (χ2n) is 6.20. The van der Waals surface area contributed by atoms with Gasteiger partial charge in [0.05, 0.1) is 12.1 Å². The smallest absolute Gasteiger partial charge is 0.293 e. The van der Waals surface area contributed by atoms with E-state index < -0.39 is 17.6 Å². The fourth-order valence-electron chi connectivity index (χ4n) is 3.08. The molecule has 3 aromatic rings. The molecule has 3 rings (SSSR count). The van der Waals surface area contributed by atoms with Gasteiger partial charge in [-0.3, -0.25) is 14.4 Å². The van der Waals surface area contributed by atoms with Gasteiger partial charge in [0.25, 0.3) is 17.6 Å². The number of terminal acetylenes is 1. The first kappa shape index (κ1) is 18.9. The zero-order valence-electron chi connectivity index (χ0n) is 15.6. The third-order valence-electron chi connectivity index (χ3n) is 4.52. The first-order valence-electron chi connectivity index (χ1n) is 8.41. The Morgan fingerprint density at radius 2 is 2.04 bits per heavy atom. The standard InChI is InChI=1S/C20H18N4O4/c1-5-8-21-20(27)18(25)16-11(2)17(24(4)12(16)3)19(26)23-13-6-7-15-14(9-13)22-10-28-15/h1,6-7,9-10H,8H2,2-4H3,(H,21,27)(H,23,26). The van der Waals surface area contributed by atoms with E-state index in [9.17, 15) is 14.4 Å². The van der Waals surface area contributed by atoms with Gasteiger partial charge in [0.15, 0.2) is 12.0 Å². The van der Waals surface area contributed by atoms with Crippen molar-refractivity contribution in [3.8, 4) is 12.3 Å². The van der Waals surface area contributed by atoms with E-state index in [-0.39, 0.29) is 17.8 Å². The lowest BCUT2D eigenvalue weighted by molar-refractivity contribution is -0.116. The van der Waals surface area contributed by atoms with Crippen molar-refractivity contribution in [2.75, 3.05) is 11.9 Å². The van der Waals surface area contributed by atoms with Crippen molar-refractivity contribution >= 4 is 34.4 Å². The monoisotopic (exact) mass is 378 g/mol. The van der Waals surface area contributed by atoms with Crippen LogP contribution in [0.5, 0.6) is 0 Å². The number of rotatable bonds is 5. The van der Waals surface area contributed by atoms with Gasteiger partial charge in [0.1, 0.15) is 11.2 Å². The number of aromatic nitrogens is 2. The van der Waals surface area contributed by atoms with Crippen LogP contribution in [0.15, 0.2) is 29.0 Å². The van der Waals surface area contributed by atoms with Crippen LogP contribution in [-0.4, -0.2) is 33.7 Å². The number of anilines is 1. The SMILES string of the molecule is C#CCNC(=O)C(=O)c1c(C)c(C(=O)Nc2ccc3ocnc3c2)n(C)c1C. The van der Waals surface area contributed by atoms with Crippen molar-refractivity contribution in [1.82, 2.24) is 14.9 Å². The van der Waals surface area contributed by atoms with Crippen molar-refractivity contribution in [1.29, 1.82) is 0 Å². The fourth-order valence-corrected chi connectivity index (χ4v) is 3.08. The number of carbonyl (C=O) groups excluding carboxylic acids is 3. The summed E-state index contributed by atoms with van der Waals surface area (Å²) in [5, 5.41) is 5.13. The van der Waals surface area contributed by atoms with Gasteiger partial charge in [-0.05, 0) is 37.6 Å². The molecule has 1 aromatic carbocycles. The Hall–Kier alpha value is -3.86. The van der Waals surface area contributed by atoms with Crippen LogP contribution in [0.2, 0.25) is 0 Å². The largest absolute Gasteiger partial charge is 0.443 e. The highest BCUT2D eigenvalue weighted by molar-refractivity contribution is 6.43. The maximum atomic E-state index is 12.8. The minimum absolute atomic E-state index is 0.0482. The number of benzene rings is 1. The molecule has 0 atom stereocenters. The number of nitrogens with one attached hydrogen (secondary N) is 2. The number of nitrogens with zero attached hydrogens (tertiary/aromatic N) is 2. The number of amides is 2. The van der Waals surface area contributed by atoms with Gasteiger partial charge in [0.2, 0.25) is 0 Å². The molecule has 2 N–H and O–H groups in total. The van der Waals surface area contributed by atoms with Gasteiger partial charge in [0, 0.05) is 18.4 Å². The lowest BCUT2D eigenvalue weighted by Crippen LogP contribution is -2.31. The number of fused-ring (bicyclic) bond motifs is 1. The van der Waals surface area contributed by atoms with Crippen LogP contribution < -0.4 is 10.6 Å². The van der Waals surface area contributed by atoms with Crippen molar-refractivity contribution in [3.63, 3.8) is 0 Å². The predicted octanol–water partition coefficient (Wildman–Crippen LogP) is 1.97. The minimum Gasteiger partial charge on any atom is -0.443 e. The van der Waals surface area contributed by atoms with Crippen molar-refractivity contribution in [3.05, 3.63) is 47.1 Å². The Bertz CT molecular complexity index is 1150. The number of carbonyl (C=O) groups is 3. The summed E-state index contributed by atoms with van der Waals surface area (Å²) in [7, 11) is 1.66. The van der Waals surface area contributed by atoms with Gasteiger partial charge in [-0.15, -0.1) is 6.42 Å². The quantitative estimate of drug-likeness (QED) is 0.401. The molecule has 2 amide bonds. The van der Waals surface area contributed by atoms with Crippen LogP contribution in [0.3, 0.4) is 0 Å². The Morgan fingerprint density at radius 3 is 2.75 bits per heavy atom. The summed E-state index contributed by atoms with van der Waals surface area (Å²) in [6.45, 7) is 3.25. The molecule has 28 heavy (non-hydrogen) atoms. The molecule has 0 saturated carbocycles. The third kappa shape index (κ3) is 3.25. The number of ketones is 1. The van der Waals surface area contributed by atoms with E-state index in [2.05, 4.69) is 21.5 Å². The molecule has 0 aliphatic carbocycles. The zero-order chi connectivity index (χ0) is 20.4. The molecule has 0 radical (unpaired) electrons. The Morgan fingerprint density at radius 1 is 1.29 bits per heavy atom. The third-order valence-corrected chi connectivity index (χ3v) is 4.52. The topological polar surface area (TPSA) is 106 Å². The Labute approximate surface area is 160 Å². The summed E-state index contributed by atoms with van der Waals surface area (Å²) < 4.78 is 6.77. The van der Waals surface area contributed by atoms with Crippen molar-refractivity contribution in [2.45, 2.75) is 13.8 Å². The van der Waals surface area contributed by atoms with E-state index in [1.807, 2.05) is 0 Å². The molecule has 2 aromatic heterocycles. The molecule has 2 heterocycles.